The molecule has 1 N–H and O–H groups in total. The molecular formula is C19H24FN3O4S2. The fourth-order valence-corrected chi connectivity index (χ4v) is 6.00. The van der Waals surface area contributed by atoms with Gasteiger partial charge >= 0.3 is 0 Å². The molecule has 29 heavy (non-hydrogen) atoms. The van der Waals surface area contributed by atoms with E-state index in [9.17, 15) is 17.6 Å². The third kappa shape index (κ3) is 5.33. The molecule has 10 heteroatoms. The lowest BCUT2D eigenvalue weighted by Gasteiger charge is -2.33. The predicted molar refractivity (Wildman–Crippen MR) is 109 cm³/mol. The van der Waals surface area contributed by atoms with Gasteiger partial charge in [0.15, 0.2) is 11.6 Å². The van der Waals surface area contributed by atoms with Gasteiger partial charge in [0.2, 0.25) is 5.91 Å². The van der Waals surface area contributed by atoms with Crippen molar-refractivity contribution < 1.29 is 22.3 Å². The Bertz CT molecular complexity index is 970. The molecule has 0 aliphatic carbocycles. The third-order valence-electron chi connectivity index (χ3n) is 4.70. The van der Waals surface area contributed by atoms with Crippen LogP contribution in [0.1, 0.15) is 17.4 Å². The number of carbonyl (C=O) groups excluding carboxylic acids is 1. The van der Waals surface area contributed by atoms with Crippen molar-refractivity contribution in [1.82, 2.24) is 14.5 Å². The number of hydrogen-bond acceptors (Lipinski definition) is 6. The van der Waals surface area contributed by atoms with Crippen LogP contribution in [0.25, 0.3) is 0 Å². The third-order valence-corrected chi connectivity index (χ3v) is 8.15. The molecule has 1 aromatic carbocycles. The van der Waals surface area contributed by atoms with Gasteiger partial charge in [0.25, 0.3) is 10.0 Å². The molecule has 1 aliphatic rings. The summed E-state index contributed by atoms with van der Waals surface area (Å²) in [5.41, 5.74) is 0.820. The maximum absolute atomic E-state index is 13.9. The van der Waals surface area contributed by atoms with E-state index < -0.39 is 15.8 Å². The van der Waals surface area contributed by atoms with E-state index >= 15 is 0 Å². The van der Waals surface area contributed by atoms with Crippen LogP contribution in [-0.2, 0) is 27.9 Å². The first-order chi connectivity index (χ1) is 13.8. The molecule has 7 nitrogen and oxygen atoms in total. The van der Waals surface area contributed by atoms with Crippen molar-refractivity contribution in [2.24, 2.45) is 0 Å². The second-order valence-electron chi connectivity index (χ2n) is 6.78. The zero-order valence-electron chi connectivity index (χ0n) is 16.4. The minimum absolute atomic E-state index is 0.157. The van der Waals surface area contributed by atoms with Crippen LogP contribution in [0, 0.1) is 5.82 Å². The number of amides is 1. The van der Waals surface area contributed by atoms with E-state index in [1.807, 2.05) is 6.07 Å². The molecule has 1 fully saturated rings. The molecule has 3 rings (SSSR count). The van der Waals surface area contributed by atoms with Crippen LogP contribution < -0.4 is 10.1 Å². The minimum atomic E-state index is -3.56. The number of hydrogen-bond donors (Lipinski definition) is 1. The van der Waals surface area contributed by atoms with Crippen LogP contribution in [0.5, 0.6) is 5.75 Å². The number of methoxy groups -OCH3 is 1. The summed E-state index contributed by atoms with van der Waals surface area (Å²) in [5, 5.41) is 2.67. The van der Waals surface area contributed by atoms with Crippen LogP contribution >= 0.6 is 11.3 Å². The molecule has 1 aliphatic heterocycles. The van der Waals surface area contributed by atoms with Gasteiger partial charge in [-0.15, -0.1) is 11.3 Å². The number of rotatable bonds is 7. The number of carbonyl (C=O) groups is 1. The molecule has 0 bridgehead atoms. The van der Waals surface area contributed by atoms with Crippen LogP contribution in [0.15, 0.2) is 34.5 Å². The van der Waals surface area contributed by atoms with Crippen molar-refractivity contribution in [3.05, 3.63) is 46.6 Å². The van der Waals surface area contributed by atoms with Gasteiger partial charge in [-0.2, -0.15) is 4.31 Å². The Morgan fingerprint density at radius 2 is 1.93 bits per heavy atom. The predicted octanol–water partition coefficient (Wildman–Crippen LogP) is 2.04. The van der Waals surface area contributed by atoms with Crippen molar-refractivity contribution >= 4 is 27.3 Å². The lowest BCUT2D eigenvalue weighted by atomic mass is 10.2. The second-order valence-corrected chi connectivity index (χ2v) is 10.1. The van der Waals surface area contributed by atoms with Gasteiger partial charge in [0.05, 0.1) is 13.7 Å². The zero-order chi connectivity index (χ0) is 21.0. The summed E-state index contributed by atoms with van der Waals surface area (Å²) in [6, 6.07) is 8.17. The molecule has 0 unspecified atom stereocenters. The van der Waals surface area contributed by atoms with E-state index in [1.54, 1.807) is 18.2 Å². The molecule has 2 heterocycles. The Kier molecular flexibility index (Phi) is 6.89. The largest absolute Gasteiger partial charge is 0.494 e. The van der Waals surface area contributed by atoms with Gasteiger partial charge in [0.1, 0.15) is 4.21 Å². The quantitative estimate of drug-likeness (QED) is 0.711. The van der Waals surface area contributed by atoms with E-state index in [0.717, 1.165) is 10.4 Å². The van der Waals surface area contributed by atoms with Crippen LogP contribution in [0.4, 0.5) is 4.39 Å². The number of ether oxygens (including phenoxy) is 1. The normalized spacial score (nSPS) is 16.0. The highest BCUT2D eigenvalue weighted by Gasteiger charge is 2.29. The topological polar surface area (TPSA) is 79.0 Å². The standard InChI is InChI=1S/C19H24FN3O4S2/c1-14(24)21-12-16-4-6-19(28-16)29(25,26)23-9-7-22(8-10-23)13-15-3-5-18(27-2)17(20)11-15/h3-6,11H,7-10,12-13H2,1-2H3,(H,21,24). The fraction of sp³-hybridized carbons (Fsp3) is 0.421. The number of benzene rings is 1. The van der Waals surface area contributed by atoms with E-state index in [-0.39, 0.29) is 15.9 Å². The molecule has 1 saturated heterocycles. The van der Waals surface area contributed by atoms with Crippen molar-refractivity contribution in [2.75, 3.05) is 33.3 Å². The summed E-state index contributed by atoms with van der Waals surface area (Å²) < 4.78 is 46.3. The Morgan fingerprint density at radius 3 is 2.55 bits per heavy atom. The number of nitrogens with one attached hydrogen (secondary N) is 1. The molecule has 158 valence electrons. The van der Waals surface area contributed by atoms with E-state index in [0.29, 0.717) is 39.3 Å². The summed E-state index contributed by atoms with van der Waals surface area (Å²) >= 11 is 1.17. The molecule has 0 atom stereocenters. The Morgan fingerprint density at radius 1 is 1.21 bits per heavy atom. The van der Waals surface area contributed by atoms with Crippen LogP contribution in [0.2, 0.25) is 0 Å². The highest BCUT2D eigenvalue weighted by atomic mass is 32.2. The molecule has 1 aromatic heterocycles. The van der Waals surface area contributed by atoms with Gasteiger partial charge in [-0.05, 0) is 29.8 Å². The van der Waals surface area contributed by atoms with Gasteiger partial charge in [0, 0.05) is 44.5 Å². The lowest BCUT2D eigenvalue weighted by molar-refractivity contribution is -0.119. The highest BCUT2D eigenvalue weighted by molar-refractivity contribution is 7.91. The maximum atomic E-state index is 13.9. The first-order valence-electron chi connectivity index (χ1n) is 9.17. The molecule has 0 radical (unpaired) electrons. The van der Waals surface area contributed by atoms with E-state index in [4.69, 9.17) is 4.74 Å². The first-order valence-corrected chi connectivity index (χ1v) is 11.4. The van der Waals surface area contributed by atoms with Crippen molar-refractivity contribution in [3.8, 4) is 5.75 Å². The lowest BCUT2D eigenvalue weighted by Crippen LogP contribution is -2.48. The SMILES string of the molecule is COc1ccc(CN2CCN(S(=O)(=O)c3ccc(CNC(C)=O)s3)CC2)cc1F. The number of halogens is 1. The Labute approximate surface area is 174 Å². The minimum Gasteiger partial charge on any atom is -0.494 e. The van der Waals surface area contributed by atoms with Crippen molar-refractivity contribution in [1.29, 1.82) is 0 Å². The van der Waals surface area contributed by atoms with Crippen LogP contribution in [-0.4, -0.2) is 56.8 Å². The van der Waals surface area contributed by atoms with Crippen molar-refractivity contribution in [2.45, 2.75) is 24.2 Å². The summed E-state index contributed by atoms with van der Waals surface area (Å²) in [7, 11) is -2.13. The second kappa shape index (κ2) is 9.21. The zero-order valence-corrected chi connectivity index (χ0v) is 18.0. The Balaban J connectivity index is 1.58. The maximum Gasteiger partial charge on any atom is 0.252 e. The summed E-state index contributed by atoms with van der Waals surface area (Å²) in [5.74, 6) is -0.354. The van der Waals surface area contributed by atoms with Gasteiger partial charge in [-0.3, -0.25) is 9.69 Å². The van der Waals surface area contributed by atoms with E-state index in [2.05, 4.69) is 10.2 Å². The average molecular weight is 442 g/mol. The van der Waals surface area contributed by atoms with Gasteiger partial charge < -0.3 is 10.1 Å². The highest BCUT2D eigenvalue weighted by Crippen LogP contribution is 2.26. The van der Waals surface area contributed by atoms with Gasteiger partial charge in [-0.25, -0.2) is 12.8 Å². The summed E-state index contributed by atoms with van der Waals surface area (Å²) in [6.45, 7) is 4.18. The molecule has 0 spiro atoms. The van der Waals surface area contributed by atoms with E-state index in [1.165, 1.54) is 35.7 Å². The molecule has 2 aromatic rings. The fourth-order valence-electron chi connectivity index (χ4n) is 3.13. The number of nitrogens with zero attached hydrogens (tertiary/aromatic N) is 2. The number of sulfonamides is 1. The van der Waals surface area contributed by atoms with Gasteiger partial charge in [-0.1, -0.05) is 6.07 Å². The molecule has 0 saturated carbocycles. The first kappa shape index (κ1) is 21.7. The van der Waals surface area contributed by atoms with Crippen LogP contribution in [0.3, 0.4) is 0 Å². The van der Waals surface area contributed by atoms with Crippen molar-refractivity contribution in [3.63, 3.8) is 0 Å². The molecule has 1 amide bonds. The smallest absolute Gasteiger partial charge is 0.252 e. The number of thiophene rings is 1. The Hall–Kier alpha value is -2.01. The summed E-state index contributed by atoms with van der Waals surface area (Å²) in [4.78, 5) is 13.9. The molecular weight excluding hydrogens is 417 g/mol. The summed E-state index contributed by atoms with van der Waals surface area (Å²) in [6.07, 6.45) is 0. The number of piperazine rings is 1. The average Bonchev–Trinajstić information content (AvgIpc) is 3.17. The monoisotopic (exact) mass is 441 g/mol.